The molecule has 0 bridgehead atoms. The number of fused-ring (bicyclic) bond motifs is 1. The summed E-state index contributed by atoms with van der Waals surface area (Å²) >= 11 is 0. The van der Waals surface area contributed by atoms with Crippen LogP contribution >= 0.6 is 0 Å². The third-order valence-corrected chi connectivity index (χ3v) is 7.18. The van der Waals surface area contributed by atoms with E-state index in [1.165, 1.54) is 35.9 Å². The molecule has 2 aromatic rings. The van der Waals surface area contributed by atoms with Crippen molar-refractivity contribution >= 4 is 22.6 Å². The fourth-order valence-corrected chi connectivity index (χ4v) is 5.43. The molecule has 1 aromatic carbocycles. The van der Waals surface area contributed by atoms with Crippen molar-refractivity contribution in [1.29, 1.82) is 0 Å². The highest BCUT2D eigenvalue weighted by molar-refractivity contribution is 5.83. The third kappa shape index (κ3) is 3.41. The molecule has 2 saturated heterocycles. The number of nitrogens with one attached hydrogen (secondary N) is 1. The summed E-state index contributed by atoms with van der Waals surface area (Å²) in [5, 5.41) is 1.28. The monoisotopic (exact) mass is 381 g/mol. The van der Waals surface area contributed by atoms with Gasteiger partial charge in [-0.05, 0) is 43.5 Å². The molecule has 1 aromatic heterocycles. The first-order chi connectivity index (χ1) is 13.7. The average Bonchev–Trinajstić information content (AvgIpc) is 3.32. The Morgan fingerprint density at radius 2 is 1.89 bits per heavy atom. The molecule has 1 saturated carbocycles. The van der Waals surface area contributed by atoms with E-state index < -0.39 is 0 Å². The van der Waals surface area contributed by atoms with E-state index in [4.69, 9.17) is 4.74 Å². The van der Waals surface area contributed by atoms with Crippen LogP contribution in [0.15, 0.2) is 30.5 Å². The number of esters is 1. The van der Waals surface area contributed by atoms with Crippen LogP contribution in [-0.4, -0.2) is 54.7 Å². The molecular weight excluding hydrogens is 350 g/mol. The quantitative estimate of drug-likeness (QED) is 0.815. The van der Waals surface area contributed by atoms with Crippen molar-refractivity contribution in [1.82, 2.24) is 9.88 Å². The van der Waals surface area contributed by atoms with Gasteiger partial charge < -0.3 is 14.6 Å². The summed E-state index contributed by atoms with van der Waals surface area (Å²) in [7, 11) is 0. The topological polar surface area (TPSA) is 48.6 Å². The molecule has 1 unspecified atom stereocenters. The highest BCUT2D eigenvalue weighted by atomic mass is 16.6. The Balaban J connectivity index is 1.11. The minimum Gasteiger partial charge on any atom is -0.462 e. The molecule has 0 amide bonds. The van der Waals surface area contributed by atoms with E-state index in [1.54, 1.807) is 0 Å². The standard InChI is InChI=1S/C23H31N3O2/c27-22-23(8-2-1-3-9-23)17-20(28-22)7-11-25-12-14-26(15-13-25)19-4-5-21-18(16-19)6-10-24-21/h4-6,10,16,20,24H,1-3,7-9,11-15,17H2. The normalized spacial score (nSPS) is 25.5. The Hall–Kier alpha value is -2.01. The number of cyclic esters (lactones) is 1. The van der Waals surface area contributed by atoms with Crippen LogP contribution in [0.2, 0.25) is 0 Å². The highest BCUT2D eigenvalue weighted by Gasteiger charge is 2.48. The molecule has 5 nitrogen and oxygen atoms in total. The number of nitrogens with zero attached hydrogens (tertiary/aromatic N) is 2. The molecule has 1 aliphatic carbocycles. The molecule has 150 valence electrons. The van der Waals surface area contributed by atoms with E-state index in [0.717, 1.165) is 58.4 Å². The predicted molar refractivity (Wildman–Crippen MR) is 112 cm³/mol. The molecule has 3 heterocycles. The number of H-pyrrole nitrogens is 1. The molecule has 1 N–H and O–H groups in total. The summed E-state index contributed by atoms with van der Waals surface area (Å²) in [6.07, 6.45) is 9.85. The summed E-state index contributed by atoms with van der Waals surface area (Å²) < 4.78 is 5.79. The second kappa shape index (κ2) is 7.43. The number of piperazine rings is 1. The number of hydrogen-bond donors (Lipinski definition) is 1. The van der Waals surface area contributed by atoms with Crippen molar-refractivity contribution in [3.8, 4) is 0 Å². The third-order valence-electron chi connectivity index (χ3n) is 7.18. The Morgan fingerprint density at radius 3 is 2.71 bits per heavy atom. The molecule has 1 spiro atoms. The van der Waals surface area contributed by atoms with Crippen molar-refractivity contribution < 1.29 is 9.53 Å². The van der Waals surface area contributed by atoms with Crippen molar-refractivity contribution in [2.75, 3.05) is 37.6 Å². The molecule has 28 heavy (non-hydrogen) atoms. The Bertz CT molecular complexity index is 831. The lowest BCUT2D eigenvalue weighted by atomic mass is 9.72. The zero-order valence-electron chi connectivity index (χ0n) is 16.7. The van der Waals surface area contributed by atoms with E-state index in [-0.39, 0.29) is 17.5 Å². The summed E-state index contributed by atoms with van der Waals surface area (Å²) in [4.78, 5) is 20.7. The maximum Gasteiger partial charge on any atom is 0.312 e. The second-order valence-corrected chi connectivity index (χ2v) is 8.94. The molecule has 0 radical (unpaired) electrons. The zero-order valence-corrected chi connectivity index (χ0v) is 16.7. The number of aromatic nitrogens is 1. The van der Waals surface area contributed by atoms with E-state index in [2.05, 4.69) is 39.0 Å². The van der Waals surface area contributed by atoms with E-state index in [0.29, 0.717) is 0 Å². The fourth-order valence-electron chi connectivity index (χ4n) is 5.43. The molecule has 3 aliphatic rings. The highest BCUT2D eigenvalue weighted by Crippen LogP contribution is 2.46. The minimum atomic E-state index is -0.127. The summed E-state index contributed by atoms with van der Waals surface area (Å²) in [5.41, 5.74) is 2.39. The van der Waals surface area contributed by atoms with Gasteiger partial charge in [0, 0.05) is 61.9 Å². The lowest BCUT2D eigenvalue weighted by molar-refractivity contribution is -0.150. The van der Waals surface area contributed by atoms with Crippen molar-refractivity contribution in [3.05, 3.63) is 30.5 Å². The molecule has 2 aliphatic heterocycles. The van der Waals surface area contributed by atoms with Crippen LogP contribution in [0.4, 0.5) is 5.69 Å². The van der Waals surface area contributed by atoms with Gasteiger partial charge in [0.05, 0.1) is 5.41 Å². The van der Waals surface area contributed by atoms with Crippen molar-refractivity contribution in [2.24, 2.45) is 5.41 Å². The largest absolute Gasteiger partial charge is 0.462 e. The molecular formula is C23H31N3O2. The van der Waals surface area contributed by atoms with Crippen LogP contribution in [0.25, 0.3) is 10.9 Å². The SMILES string of the molecule is O=C1OC(CCN2CCN(c3ccc4[nH]ccc4c3)CC2)CC12CCCCC2. The first-order valence-electron chi connectivity index (χ1n) is 11.0. The first-order valence-corrected chi connectivity index (χ1v) is 11.0. The van der Waals surface area contributed by atoms with Gasteiger partial charge in [-0.1, -0.05) is 19.3 Å². The smallest absolute Gasteiger partial charge is 0.312 e. The van der Waals surface area contributed by atoms with Crippen LogP contribution in [0.3, 0.4) is 0 Å². The Labute approximate surface area is 167 Å². The fraction of sp³-hybridized carbons (Fsp3) is 0.609. The van der Waals surface area contributed by atoms with E-state index >= 15 is 0 Å². The zero-order chi connectivity index (χ0) is 19.0. The van der Waals surface area contributed by atoms with E-state index in [1.807, 2.05) is 6.20 Å². The van der Waals surface area contributed by atoms with Crippen molar-refractivity contribution in [3.63, 3.8) is 0 Å². The maximum absolute atomic E-state index is 12.4. The number of rotatable bonds is 4. The number of aromatic amines is 1. The van der Waals surface area contributed by atoms with Crippen LogP contribution in [0, 0.1) is 5.41 Å². The van der Waals surface area contributed by atoms with Crippen molar-refractivity contribution in [2.45, 2.75) is 51.0 Å². The number of carbonyl (C=O) groups excluding carboxylic acids is 1. The summed E-state index contributed by atoms with van der Waals surface area (Å²) in [6.45, 7) is 5.32. The average molecular weight is 382 g/mol. The van der Waals surface area contributed by atoms with Gasteiger partial charge in [0.2, 0.25) is 0 Å². The molecule has 5 rings (SSSR count). The Morgan fingerprint density at radius 1 is 1.07 bits per heavy atom. The Kier molecular flexibility index (Phi) is 4.79. The number of anilines is 1. The predicted octanol–water partition coefficient (Wildman–Crippen LogP) is 3.95. The lowest BCUT2D eigenvalue weighted by Crippen LogP contribution is -2.47. The van der Waals surface area contributed by atoms with Gasteiger partial charge in [0.15, 0.2) is 0 Å². The molecule has 1 atom stereocenters. The van der Waals surface area contributed by atoms with Crippen LogP contribution in [-0.2, 0) is 9.53 Å². The number of ether oxygens (including phenoxy) is 1. The lowest BCUT2D eigenvalue weighted by Gasteiger charge is -2.36. The molecule has 3 fully saturated rings. The second-order valence-electron chi connectivity index (χ2n) is 8.94. The van der Waals surface area contributed by atoms with Gasteiger partial charge in [-0.3, -0.25) is 9.69 Å². The van der Waals surface area contributed by atoms with Crippen LogP contribution < -0.4 is 4.90 Å². The summed E-state index contributed by atoms with van der Waals surface area (Å²) in [5.74, 6) is 0.0992. The molecule has 5 heteroatoms. The van der Waals surface area contributed by atoms with Gasteiger partial charge >= 0.3 is 5.97 Å². The van der Waals surface area contributed by atoms with Crippen LogP contribution in [0.1, 0.15) is 44.9 Å². The summed E-state index contributed by atoms with van der Waals surface area (Å²) in [6, 6.07) is 8.81. The minimum absolute atomic E-state index is 0.0992. The van der Waals surface area contributed by atoms with Gasteiger partial charge in [0.25, 0.3) is 0 Å². The van der Waals surface area contributed by atoms with Gasteiger partial charge in [-0.25, -0.2) is 0 Å². The van der Waals surface area contributed by atoms with Crippen LogP contribution in [0.5, 0.6) is 0 Å². The van der Waals surface area contributed by atoms with Gasteiger partial charge in [-0.15, -0.1) is 0 Å². The van der Waals surface area contributed by atoms with E-state index in [9.17, 15) is 4.79 Å². The van der Waals surface area contributed by atoms with Gasteiger partial charge in [0.1, 0.15) is 6.10 Å². The number of carbonyl (C=O) groups is 1. The van der Waals surface area contributed by atoms with Gasteiger partial charge in [-0.2, -0.15) is 0 Å². The first kappa shape index (κ1) is 18.0. The number of hydrogen-bond acceptors (Lipinski definition) is 4. The maximum atomic E-state index is 12.4. The number of benzene rings is 1.